The van der Waals surface area contributed by atoms with Gasteiger partial charge in [0.05, 0.1) is 4.08 Å². The van der Waals surface area contributed by atoms with Crippen molar-refractivity contribution in [2.75, 3.05) is 0 Å². The van der Waals surface area contributed by atoms with Crippen LogP contribution >= 0.6 is 25.3 Å². The van der Waals surface area contributed by atoms with Crippen molar-refractivity contribution in [1.29, 1.82) is 0 Å². The van der Waals surface area contributed by atoms with Gasteiger partial charge in [-0.05, 0) is 31.6 Å². The molecule has 0 radical (unpaired) electrons. The highest BCUT2D eigenvalue weighted by molar-refractivity contribution is 8.00. The molecule has 0 spiro atoms. The third-order valence-electron chi connectivity index (χ3n) is 2.48. The topological polar surface area (TPSA) is 0 Å². The highest BCUT2D eigenvalue weighted by atomic mass is 32.2. The average molecular weight is 176 g/mol. The Labute approximate surface area is 74.6 Å². The molecule has 0 aromatic rings. The molecule has 1 aliphatic rings. The van der Waals surface area contributed by atoms with Gasteiger partial charge in [0.1, 0.15) is 0 Å². The smallest absolute Gasteiger partial charge is 0.0552 e. The molecule has 0 bridgehead atoms. The summed E-state index contributed by atoms with van der Waals surface area (Å²) in [6.07, 6.45) is 6.33. The highest BCUT2D eigenvalue weighted by Gasteiger charge is 2.27. The fraction of sp³-hybridized carbons (Fsp3) is 1.00. The lowest BCUT2D eigenvalue weighted by atomic mass is 9.87. The fourth-order valence-corrected chi connectivity index (χ4v) is 2.06. The van der Waals surface area contributed by atoms with Gasteiger partial charge in [0.15, 0.2) is 0 Å². The van der Waals surface area contributed by atoms with E-state index >= 15 is 0 Å². The molecule has 1 aliphatic carbocycles. The highest BCUT2D eigenvalue weighted by Crippen LogP contribution is 2.40. The molecule has 0 unspecified atom stereocenters. The van der Waals surface area contributed by atoms with Gasteiger partial charge in [-0.15, -0.1) is 0 Å². The molecule has 1 saturated carbocycles. The minimum atomic E-state index is 0.0473. The van der Waals surface area contributed by atoms with E-state index in [4.69, 9.17) is 0 Å². The number of thiol groups is 2. The molecule has 0 N–H and O–H groups in total. The molecule has 1 fully saturated rings. The minimum Gasteiger partial charge on any atom is -0.162 e. The van der Waals surface area contributed by atoms with Crippen molar-refractivity contribution in [3.63, 3.8) is 0 Å². The molecule has 2 heteroatoms. The van der Waals surface area contributed by atoms with Crippen molar-refractivity contribution in [1.82, 2.24) is 0 Å². The summed E-state index contributed by atoms with van der Waals surface area (Å²) in [4.78, 5) is 0. The van der Waals surface area contributed by atoms with E-state index in [0.717, 1.165) is 5.92 Å². The van der Waals surface area contributed by atoms with Crippen LogP contribution < -0.4 is 0 Å². The quantitative estimate of drug-likeness (QED) is 0.445. The molecule has 0 aliphatic heterocycles. The fourth-order valence-electron chi connectivity index (χ4n) is 1.55. The third kappa shape index (κ3) is 2.39. The normalized spacial score (nSPS) is 26.7. The molecule has 0 aromatic carbocycles. The van der Waals surface area contributed by atoms with Crippen LogP contribution in [0.4, 0.5) is 0 Å². The second-order valence-corrected chi connectivity index (χ2v) is 5.40. The van der Waals surface area contributed by atoms with Crippen molar-refractivity contribution >= 4 is 25.3 Å². The summed E-state index contributed by atoms with van der Waals surface area (Å²) in [5, 5.41) is 0. The van der Waals surface area contributed by atoms with Crippen molar-refractivity contribution < 1.29 is 0 Å². The van der Waals surface area contributed by atoms with Crippen LogP contribution in [-0.4, -0.2) is 4.08 Å². The van der Waals surface area contributed by atoms with E-state index in [0.29, 0.717) is 0 Å². The van der Waals surface area contributed by atoms with Crippen LogP contribution in [0.2, 0.25) is 0 Å². The second kappa shape index (κ2) is 3.40. The zero-order valence-electron chi connectivity index (χ0n) is 6.51. The van der Waals surface area contributed by atoms with E-state index in [1.807, 2.05) is 0 Å². The Kier molecular flexibility index (Phi) is 2.99. The second-order valence-electron chi connectivity index (χ2n) is 3.33. The Morgan fingerprint density at radius 1 is 1.30 bits per heavy atom. The van der Waals surface area contributed by atoms with Crippen LogP contribution in [0.3, 0.4) is 0 Å². The summed E-state index contributed by atoms with van der Waals surface area (Å²) >= 11 is 8.92. The van der Waals surface area contributed by atoms with Crippen LogP contribution in [-0.2, 0) is 0 Å². The number of rotatable bonds is 1. The average Bonchev–Trinajstić information content (AvgIpc) is 1.88. The minimum absolute atomic E-state index is 0.0473. The van der Waals surface area contributed by atoms with Crippen LogP contribution in [0.25, 0.3) is 0 Å². The Hall–Kier alpha value is 0.700. The molecule has 1 rings (SSSR count). The summed E-state index contributed by atoms with van der Waals surface area (Å²) in [6, 6.07) is 0. The maximum absolute atomic E-state index is 4.46. The van der Waals surface area contributed by atoms with Gasteiger partial charge in [-0.25, -0.2) is 0 Å². The van der Waals surface area contributed by atoms with Gasteiger partial charge >= 0.3 is 0 Å². The third-order valence-corrected chi connectivity index (χ3v) is 3.38. The number of hydrogen-bond acceptors (Lipinski definition) is 2. The van der Waals surface area contributed by atoms with Gasteiger partial charge in [-0.2, -0.15) is 25.3 Å². The molecule has 0 saturated heterocycles. The summed E-state index contributed by atoms with van der Waals surface area (Å²) in [6.45, 7) is 2.27. The van der Waals surface area contributed by atoms with E-state index in [1.54, 1.807) is 0 Å². The van der Waals surface area contributed by atoms with Crippen LogP contribution in [0.1, 0.15) is 39.0 Å². The zero-order chi connectivity index (χ0) is 7.61. The van der Waals surface area contributed by atoms with E-state index in [9.17, 15) is 0 Å². The predicted molar refractivity (Wildman–Crippen MR) is 53.0 cm³/mol. The van der Waals surface area contributed by atoms with E-state index in [1.165, 1.54) is 32.1 Å². The van der Waals surface area contributed by atoms with Crippen LogP contribution in [0.5, 0.6) is 0 Å². The summed E-state index contributed by atoms with van der Waals surface area (Å²) in [5.41, 5.74) is 0. The van der Waals surface area contributed by atoms with Crippen molar-refractivity contribution in [3.8, 4) is 0 Å². The molecule has 60 valence electrons. The Morgan fingerprint density at radius 3 is 2.20 bits per heavy atom. The van der Waals surface area contributed by atoms with E-state index in [2.05, 4.69) is 32.2 Å². The molecule has 10 heavy (non-hydrogen) atoms. The molecular weight excluding hydrogens is 160 g/mol. The Morgan fingerprint density at radius 2 is 1.80 bits per heavy atom. The van der Waals surface area contributed by atoms with Gasteiger partial charge in [0.25, 0.3) is 0 Å². The SMILES string of the molecule is CCC1CCC(S)(S)CC1. The first-order valence-corrected chi connectivity index (χ1v) is 4.98. The van der Waals surface area contributed by atoms with Gasteiger partial charge < -0.3 is 0 Å². The molecular formula is C8H16S2. The van der Waals surface area contributed by atoms with E-state index < -0.39 is 0 Å². The van der Waals surface area contributed by atoms with Crippen molar-refractivity contribution in [3.05, 3.63) is 0 Å². The lowest BCUT2D eigenvalue weighted by molar-refractivity contribution is 0.345. The largest absolute Gasteiger partial charge is 0.162 e. The first-order chi connectivity index (χ1) is 4.64. The van der Waals surface area contributed by atoms with Gasteiger partial charge in [-0.1, -0.05) is 13.3 Å². The zero-order valence-corrected chi connectivity index (χ0v) is 8.30. The van der Waals surface area contributed by atoms with Crippen molar-refractivity contribution in [2.45, 2.75) is 43.1 Å². The molecule has 0 amide bonds. The van der Waals surface area contributed by atoms with Gasteiger partial charge in [0.2, 0.25) is 0 Å². The van der Waals surface area contributed by atoms with Crippen LogP contribution in [0.15, 0.2) is 0 Å². The lowest BCUT2D eigenvalue weighted by Crippen LogP contribution is -2.22. The summed E-state index contributed by atoms with van der Waals surface area (Å²) < 4.78 is 0.0473. The maximum atomic E-state index is 4.46. The van der Waals surface area contributed by atoms with Crippen molar-refractivity contribution in [2.24, 2.45) is 5.92 Å². The first kappa shape index (κ1) is 8.79. The Balaban J connectivity index is 2.31. The first-order valence-electron chi connectivity index (χ1n) is 4.09. The summed E-state index contributed by atoms with van der Waals surface area (Å²) in [7, 11) is 0. The molecule has 0 heterocycles. The predicted octanol–water partition coefficient (Wildman–Crippen LogP) is 3.14. The lowest BCUT2D eigenvalue weighted by Gasteiger charge is -2.32. The molecule has 0 aromatic heterocycles. The Bertz CT molecular complexity index is 99.8. The van der Waals surface area contributed by atoms with Crippen LogP contribution in [0, 0.1) is 5.92 Å². The summed E-state index contributed by atoms with van der Waals surface area (Å²) in [5.74, 6) is 0.951. The molecule has 0 atom stereocenters. The van der Waals surface area contributed by atoms with Gasteiger partial charge in [-0.3, -0.25) is 0 Å². The van der Waals surface area contributed by atoms with Gasteiger partial charge in [0, 0.05) is 0 Å². The molecule has 0 nitrogen and oxygen atoms in total. The monoisotopic (exact) mass is 176 g/mol. The maximum Gasteiger partial charge on any atom is 0.0552 e. The van der Waals surface area contributed by atoms with E-state index in [-0.39, 0.29) is 4.08 Å². The number of hydrogen-bond donors (Lipinski definition) is 2. The standard InChI is InChI=1S/C8H16S2/c1-2-7-3-5-8(9,10)6-4-7/h7,9-10H,2-6H2,1H3.